The summed E-state index contributed by atoms with van der Waals surface area (Å²) in [4.78, 5) is 27.2. The summed E-state index contributed by atoms with van der Waals surface area (Å²) in [5.41, 5.74) is 0.526. The topological polar surface area (TPSA) is 59.1 Å². The monoisotopic (exact) mass is 348 g/mol. The van der Waals surface area contributed by atoms with Crippen LogP contribution in [0.3, 0.4) is 0 Å². The minimum atomic E-state index is 0.0699. The van der Waals surface area contributed by atoms with Gasteiger partial charge < -0.3 is 19.3 Å². The molecule has 1 saturated heterocycles. The fourth-order valence-electron chi connectivity index (χ4n) is 2.92. The summed E-state index contributed by atoms with van der Waals surface area (Å²) in [5.74, 6) is 1.10. The first kappa shape index (κ1) is 19.2. The van der Waals surface area contributed by atoms with Crippen LogP contribution < -0.4 is 9.47 Å². The van der Waals surface area contributed by atoms with E-state index in [-0.39, 0.29) is 12.5 Å². The quantitative estimate of drug-likeness (QED) is 0.641. The van der Waals surface area contributed by atoms with Gasteiger partial charge in [0.1, 0.15) is 6.29 Å². The number of carbonyl (C=O) groups excluding carboxylic acids is 2. The number of ether oxygens (including phenoxy) is 2. The maximum atomic E-state index is 12.2. The number of piperidine rings is 1. The minimum absolute atomic E-state index is 0.0699. The molecule has 0 radical (unpaired) electrons. The molecule has 1 aromatic rings. The highest BCUT2D eigenvalue weighted by atomic mass is 16.5. The van der Waals surface area contributed by atoms with Crippen molar-refractivity contribution in [3.8, 4) is 11.5 Å². The molecule has 0 aliphatic carbocycles. The third-order valence-electron chi connectivity index (χ3n) is 4.52. The number of hydrogen-bond acceptors (Lipinski definition) is 5. The summed E-state index contributed by atoms with van der Waals surface area (Å²) in [6, 6.07) is 4.97. The van der Waals surface area contributed by atoms with Gasteiger partial charge >= 0.3 is 0 Å². The molecule has 2 rings (SSSR count). The number of likely N-dealkylation sites (N-methyl/N-ethyl adjacent to an activating group) is 1. The molecule has 138 valence electrons. The Kier molecular flexibility index (Phi) is 7.73. The number of methoxy groups -OCH3 is 1. The van der Waals surface area contributed by atoms with Gasteiger partial charge in [-0.15, -0.1) is 0 Å². The van der Waals surface area contributed by atoms with Crippen molar-refractivity contribution < 1.29 is 19.1 Å². The van der Waals surface area contributed by atoms with Crippen LogP contribution in [0.1, 0.15) is 36.0 Å². The Bertz CT molecular complexity index is 571. The van der Waals surface area contributed by atoms with Crippen molar-refractivity contribution in [2.24, 2.45) is 0 Å². The number of benzene rings is 1. The average molecular weight is 348 g/mol. The molecule has 0 bridgehead atoms. The van der Waals surface area contributed by atoms with Gasteiger partial charge in [-0.3, -0.25) is 9.59 Å². The first-order valence-corrected chi connectivity index (χ1v) is 8.86. The molecule has 0 atom stereocenters. The molecule has 6 heteroatoms. The van der Waals surface area contributed by atoms with Crippen molar-refractivity contribution in [1.29, 1.82) is 0 Å². The van der Waals surface area contributed by atoms with Crippen molar-refractivity contribution in [1.82, 2.24) is 9.80 Å². The highest BCUT2D eigenvalue weighted by Gasteiger charge is 2.14. The van der Waals surface area contributed by atoms with Crippen LogP contribution in [-0.4, -0.2) is 68.9 Å². The van der Waals surface area contributed by atoms with E-state index < -0.39 is 0 Å². The van der Waals surface area contributed by atoms with Gasteiger partial charge in [0.2, 0.25) is 5.91 Å². The van der Waals surface area contributed by atoms with Gasteiger partial charge in [-0.05, 0) is 44.1 Å². The van der Waals surface area contributed by atoms with Gasteiger partial charge in [0.15, 0.2) is 11.5 Å². The molecular formula is C19H28N2O4. The molecule has 0 unspecified atom stereocenters. The number of rotatable bonds is 9. The van der Waals surface area contributed by atoms with Crippen molar-refractivity contribution in [3.05, 3.63) is 23.8 Å². The Labute approximate surface area is 149 Å². The average Bonchev–Trinajstić information content (AvgIpc) is 2.66. The van der Waals surface area contributed by atoms with E-state index in [4.69, 9.17) is 9.47 Å². The SMILES string of the molecule is COc1cc(C=O)ccc1OCCC(=O)N(C)CCN1CCCCC1. The highest BCUT2D eigenvalue weighted by molar-refractivity contribution is 5.77. The van der Waals surface area contributed by atoms with E-state index in [0.29, 0.717) is 23.5 Å². The Morgan fingerprint density at radius 1 is 1.24 bits per heavy atom. The van der Waals surface area contributed by atoms with Crippen LogP contribution in [0.2, 0.25) is 0 Å². The third-order valence-corrected chi connectivity index (χ3v) is 4.52. The summed E-state index contributed by atoms with van der Waals surface area (Å²) in [6.45, 7) is 4.24. The van der Waals surface area contributed by atoms with Gasteiger partial charge in [-0.1, -0.05) is 6.42 Å². The lowest BCUT2D eigenvalue weighted by Gasteiger charge is -2.28. The summed E-state index contributed by atoms with van der Waals surface area (Å²) in [6.07, 6.45) is 4.91. The van der Waals surface area contributed by atoms with Crippen LogP contribution in [0, 0.1) is 0 Å². The van der Waals surface area contributed by atoms with E-state index in [9.17, 15) is 9.59 Å². The lowest BCUT2D eigenvalue weighted by atomic mass is 10.1. The second-order valence-corrected chi connectivity index (χ2v) is 6.34. The van der Waals surface area contributed by atoms with Gasteiger partial charge in [0.25, 0.3) is 0 Å². The van der Waals surface area contributed by atoms with Crippen molar-refractivity contribution in [2.75, 3.05) is 46.9 Å². The van der Waals surface area contributed by atoms with Crippen LogP contribution in [0.5, 0.6) is 11.5 Å². The lowest BCUT2D eigenvalue weighted by molar-refractivity contribution is -0.130. The van der Waals surface area contributed by atoms with Crippen LogP contribution in [0.25, 0.3) is 0 Å². The van der Waals surface area contributed by atoms with Crippen LogP contribution in [0.15, 0.2) is 18.2 Å². The lowest BCUT2D eigenvalue weighted by Crippen LogP contribution is -2.39. The first-order chi connectivity index (χ1) is 12.1. The van der Waals surface area contributed by atoms with Crippen molar-refractivity contribution >= 4 is 12.2 Å². The molecule has 1 heterocycles. The molecule has 1 aliphatic heterocycles. The molecule has 1 aromatic carbocycles. The predicted octanol–water partition coefficient (Wildman–Crippen LogP) is 2.22. The predicted molar refractivity (Wildman–Crippen MR) is 96.4 cm³/mol. The van der Waals surface area contributed by atoms with E-state index in [2.05, 4.69) is 4.90 Å². The second-order valence-electron chi connectivity index (χ2n) is 6.34. The zero-order valence-corrected chi connectivity index (χ0v) is 15.2. The maximum absolute atomic E-state index is 12.2. The zero-order chi connectivity index (χ0) is 18.1. The maximum Gasteiger partial charge on any atom is 0.225 e. The normalized spacial score (nSPS) is 14.8. The third kappa shape index (κ3) is 6.05. The second kappa shape index (κ2) is 10.0. The number of carbonyl (C=O) groups is 2. The van der Waals surface area contributed by atoms with Gasteiger partial charge in [0, 0.05) is 25.7 Å². The first-order valence-electron chi connectivity index (χ1n) is 8.86. The fraction of sp³-hybridized carbons (Fsp3) is 0.579. The highest BCUT2D eigenvalue weighted by Crippen LogP contribution is 2.27. The summed E-state index contributed by atoms with van der Waals surface area (Å²) >= 11 is 0. The largest absolute Gasteiger partial charge is 0.493 e. The molecule has 25 heavy (non-hydrogen) atoms. The van der Waals surface area contributed by atoms with E-state index in [1.165, 1.54) is 26.4 Å². The molecule has 0 saturated carbocycles. The Hall–Kier alpha value is -2.08. The van der Waals surface area contributed by atoms with Crippen molar-refractivity contribution in [3.63, 3.8) is 0 Å². The van der Waals surface area contributed by atoms with E-state index >= 15 is 0 Å². The number of hydrogen-bond donors (Lipinski definition) is 0. The molecule has 1 fully saturated rings. The number of aldehydes is 1. The molecule has 0 spiro atoms. The summed E-state index contributed by atoms with van der Waals surface area (Å²) < 4.78 is 10.9. The molecule has 0 aromatic heterocycles. The van der Waals surface area contributed by atoms with Crippen molar-refractivity contribution in [2.45, 2.75) is 25.7 Å². The van der Waals surface area contributed by atoms with Gasteiger partial charge in [-0.25, -0.2) is 0 Å². The van der Waals surface area contributed by atoms with Gasteiger partial charge in [-0.2, -0.15) is 0 Å². The number of likely N-dealkylation sites (tertiary alicyclic amines) is 1. The zero-order valence-electron chi connectivity index (χ0n) is 15.2. The Morgan fingerprint density at radius 3 is 2.68 bits per heavy atom. The van der Waals surface area contributed by atoms with Gasteiger partial charge in [0.05, 0.1) is 20.1 Å². The molecule has 0 N–H and O–H groups in total. The summed E-state index contributed by atoms with van der Waals surface area (Å²) in [7, 11) is 3.36. The molecule has 1 amide bonds. The standard InChI is InChI=1S/C19H28N2O4/c1-20(11-12-21-9-4-3-5-10-21)19(23)8-13-25-17-7-6-16(15-22)14-18(17)24-2/h6-7,14-15H,3-5,8-13H2,1-2H3. The number of amides is 1. The molecule has 1 aliphatic rings. The summed E-state index contributed by atoms with van der Waals surface area (Å²) in [5, 5.41) is 0. The minimum Gasteiger partial charge on any atom is -0.493 e. The number of nitrogens with zero attached hydrogens (tertiary/aromatic N) is 2. The van der Waals surface area contributed by atoms with E-state index in [1.807, 2.05) is 7.05 Å². The van der Waals surface area contributed by atoms with Crippen LogP contribution in [-0.2, 0) is 4.79 Å². The van der Waals surface area contributed by atoms with Crippen LogP contribution in [0.4, 0.5) is 0 Å². The Balaban J connectivity index is 1.73. The van der Waals surface area contributed by atoms with E-state index in [1.54, 1.807) is 23.1 Å². The molecule has 6 nitrogen and oxygen atoms in total. The van der Waals surface area contributed by atoms with E-state index in [0.717, 1.165) is 32.5 Å². The van der Waals surface area contributed by atoms with Crippen LogP contribution >= 0.6 is 0 Å². The fourth-order valence-corrected chi connectivity index (χ4v) is 2.92. The molecular weight excluding hydrogens is 320 g/mol. The smallest absolute Gasteiger partial charge is 0.225 e. The Morgan fingerprint density at radius 2 is 2.00 bits per heavy atom.